The van der Waals surface area contributed by atoms with Crippen molar-refractivity contribution in [2.45, 2.75) is 0 Å². The van der Waals surface area contributed by atoms with Gasteiger partial charge in [-0.15, -0.1) is 0 Å². The van der Waals surface area contributed by atoms with Crippen molar-refractivity contribution in [1.82, 2.24) is 0 Å². The zero-order chi connectivity index (χ0) is 14.4. The van der Waals surface area contributed by atoms with E-state index < -0.39 is 0 Å². The first-order valence-corrected chi connectivity index (χ1v) is 6.50. The molecule has 0 atom stereocenters. The third kappa shape index (κ3) is 3.55. The van der Waals surface area contributed by atoms with Crippen molar-refractivity contribution in [3.8, 4) is 5.75 Å². The standard InChI is InChI=1S/C15H15N3OS/c1-19-13-10-6-5-9-12(13)14(18-15(16)20)17-11-7-3-2-4-8-11/h2-10H,1H3,(H3,16,17,18,20)/p+1. The van der Waals surface area contributed by atoms with Gasteiger partial charge in [0.2, 0.25) is 5.84 Å². The van der Waals surface area contributed by atoms with Gasteiger partial charge in [-0.05, 0) is 36.5 Å². The minimum absolute atomic E-state index is 0.189. The van der Waals surface area contributed by atoms with Crippen LogP contribution in [0.15, 0.2) is 54.6 Å². The van der Waals surface area contributed by atoms with Gasteiger partial charge in [-0.25, -0.2) is 4.99 Å². The molecule has 0 radical (unpaired) electrons. The van der Waals surface area contributed by atoms with Crippen LogP contribution in [0.4, 0.5) is 5.69 Å². The molecule has 0 saturated carbocycles. The second-order valence-corrected chi connectivity index (χ2v) is 4.50. The monoisotopic (exact) mass is 286 g/mol. The first-order chi connectivity index (χ1) is 9.70. The van der Waals surface area contributed by atoms with Gasteiger partial charge >= 0.3 is 0 Å². The summed E-state index contributed by atoms with van der Waals surface area (Å²) in [5, 5.41) is 3.45. The SMILES string of the molecule is COc1ccccc1/C(Nc1ccccc1)=[NH+]/C(N)=S. The molecule has 0 heterocycles. The number of thiocarbonyl (C=S) groups is 1. The van der Waals surface area contributed by atoms with Crippen molar-refractivity contribution in [3.63, 3.8) is 0 Å². The van der Waals surface area contributed by atoms with Crippen molar-refractivity contribution >= 4 is 28.9 Å². The number of hydrogen-bond acceptors (Lipinski definition) is 2. The predicted octanol–water partition coefficient (Wildman–Crippen LogP) is 0.878. The van der Waals surface area contributed by atoms with Gasteiger partial charge in [-0.2, -0.15) is 0 Å². The van der Waals surface area contributed by atoms with Gasteiger partial charge in [-0.1, -0.05) is 30.3 Å². The number of rotatable bonds is 3. The number of hydrogen-bond donors (Lipinski definition) is 3. The summed E-state index contributed by atoms with van der Waals surface area (Å²) in [4.78, 5) is 2.95. The van der Waals surface area contributed by atoms with Gasteiger partial charge in [0, 0.05) is 0 Å². The summed E-state index contributed by atoms with van der Waals surface area (Å²) in [5.74, 6) is 1.41. The number of ether oxygens (including phenoxy) is 1. The number of nitrogens with one attached hydrogen (secondary N) is 2. The van der Waals surface area contributed by atoms with Crippen molar-refractivity contribution in [1.29, 1.82) is 0 Å². The normalized spacial score (nSPS) is 10.9. The molecule has 4 nitrogen and oxygen atoms in total. The van der Waals surface area contributed by atoms with Gasteiger partial charge in [0.05, 0.1) is 18.4 Å². The minimum Gasteiger partial charge on any atom is -0.496 e. The molecule has 0 bridgehead atoms. The van der Waals surface area contributed by atoms with E-state index in [0.29, 0.717) is 5.84 Å². The molecule has 0 amide bonds. The lowest BCUT2D eigenvalue weighted by Gasteiger charge is -2.09. The highest BCUT2D eigenvalue weighted by Crippen LogP contribution is 2.18. The third-order valence-corrected chi connectivity index (χ3v) is 2.77. The van der Waals surface area contributed by atoms with Crippen LogP contribution in [0.2, 0.25) is 0 Å². The molecule has 2 aromatic rings. The summed E-state index contributed by atoms with van der Waals surface area (Å²) in [5.41, 5.74) is 7.38. The minimum atomic E-state index is 0.189. The van der Waals surface area contributed by atoms with E-state index in [1.807, 2.05) is 54.6 Å². The summed E-state index contributed by atoms with van der Waals surface area (Å²) >= 11 is 4.93. The Labute approximate surface area is 123 Å². The van der Waals surface area contributed by atoms with E-state index in [1.54, 1.807) is 7.11 Å². The fourth-order valence-corrected chi connectivity index (χ4v) is 1.91. The summed E-state index contributed by atoms with van der Waals surface area (Å²) in [7, 11) is 1.62. The summed E-state index contributed by atoms with van der Waals surface area (Å²) in [6, 6.07) is 17.4. The van der Waals surface area contributed by atoms with E-state index in [-0.39, 0.29) is 5.11 Å². The summed E-state index contributed by atoms with van der Waals surface area (Å²) < 4.78 is 5.36. The van der Waals surface area contributed by atoms with Gasteiger partial charge in [0.15, 0.2) is 0 Å². The van der Waals surface area contributed by atoms with E-state index in [0.717, 1.165) is 17.0 Å². The van der Waals surface area contributed by atoms with Crippen molar-refractivity contribution in [2.75, 3.05) is 12.4 Å². The molecule has 0 saturated heterocycles. The molecule has 102 valence electrons. The van der Waals surface area contributed by atoms with Crippen LogP contribution in [0, 0.1) is 0 Å². The zero-order valence-corrected chi connectivity index (χ0v) is 11.9. The van der Waals surface area contributed by atoms with Crippen LogP contribution >= 0.6 is 12.2 Å². The van der Waals surface area contributed by atoms with Gasteiger partial charge < -0.3 is 10.5 Å². The highest BCUT2D eigenvalue weighted by Gasteiger charge is 2.14. The van der Waals surface area contributed by atoms with Gasteiger partial charge in [0.1, 0.15) is 5.75 Å². The van der Waals surface area contributed by atoms with E-state index in [9.17, 15) is 0 Å². The molecular formula is C15H16N3OS+. The molecule has 4 N–H and O–H groups in total. The Balaban J connectivity index is 2.41. The zero-order valence-electron chi connectivity index (χ0n) is 11.1. The molecule has 0 aliphatic heterocycles. The fraction of sp³-hybridized carbons (Fsp3) is 0.0667. The smallest absolute Gasteiger partial charge is 0.285 e. The van der Waals surface area contributed by atoms with E-state index in [1.165, 1.54) is 0 Å². The molecular weight excluding hydrogens is 270 g/mol. The maximum Gasteiger partial charge on any atom is 0.285 e. The highest BCUT2D eigenvalue weighted by molar-refractivity contribution is 7.79. The summed E-state index contributed by atoms with van der Waals surface area (Å²) in [6.45, 7) is 0. The molecule has 5 heteroatoms. The first kappa shape index (κ1) is 14.0. The summed E-state index contributed by atoms with van der Waals surface area (Å²) in [6.07, 6.45) is 0. The van der Waals surface area contributed by atoms with Crippen LogP contribution < -0.4 is 20.8 Å². The molecule has 0 unspecified atom stereocenters. The van der Waals surface area contributed by atoms with Crippen LogP contribution in [0.25, 0.3) is 0 Å². The Morgan fingerprint density at radius 1 is 1.10 bits per heavy atom. The van der Waals surface area contributed by atoms with Crippen LogP contribution in [0.3, 0.4) is 0 Å². The molecule has 0 aliphatic rings. The molecule has 2 rings (SSSR count). The van der Waals surface area contributed by atoms with E-state index in [2.05, 4.69) is 10.3 Å². The van der Waals surface area contributed by atoms with Crippen LogP contribution in [0.1, 0.15) is 5.56 Å². The van der Waals surface area contributed by atoms with Crippen LogP contribution in [-0.2, 0) is 0 Å². The topological polar surface area (TPSA) is 61.2 Å². The fourth-order valence-electron chi connectivity index (χ4n) is 1.81. The number of para-hydroxylation sites is 2. The predicted molar refractivity (Wildman–Crippen MR) is 84.9 cm³/mol. The number of nitrogens with two attached hydrogens (primary N) is 1. The van der Waals surface area contributed by atoms with Crippen LogP contribution in [0.5, 0.6) is 5.75 Å². The van der Waals surface area contributed by atoms with E-state index in [4.69, 9.17) is 22.7 Å². The van der Waals surface area contributed by atoms with Gasteiger partial charge in [0.25, 0.3) is 5.11 Å². The molecule has 20 heavy (non-hydrogen) atoms. The number of methoxy groups -OCH3 is 1. The Hall–Kier alpha value is -2.40. The molecule has 0 fully saturated rings. The van der Waals surface area contributed by atoms with Crippen molar-refractivity contribution in [3.05, 3.63) is 60.2 Å². The van der Waals surface area contributed by atoms with Crippen LogP contribution in [-0.4, -0.2) is 18.1 Å². The van der Waals surface area contributed by atoms with Crippen molar-refractivity contribution < 1.29 is 9.73 Å². The lowest BCUT2D eigenvalue weighted by Crippen LogP contribution is -2.81. The Kier molecular flexibility index (Phi) is 4.68. The lowest BCUT2D eigenvalue weighted by molar-refractivity contribution is -0.312. The maximum atomic E-state index is 5.59. The average Bonchev–Trinajstić information content (AvgIpc) is 2.47. The average molecular weight is 286 g/mol. The quantitative estimate of drug-likeness (QED) is 0.445. The largest absolute Gasteiger partial charge is 0.496 e. The maximum absolute atomic E-state index is 5.59. The lowest BCUT2D eigenvalue weighted by atomic mass is 10.1. The molecule has 0 aliphatic carbocycles. The second kappa shape index (κ2) is 6.68. The second-order valence-electron chi connectivity index (χ2n) is 4.06. The Morgan fingerprint density at radius 3 is 2.40 bits per heavy atom. The molecule has 0 spiro atoms. The Morgan fingerprint density at radius 2 is 1.75 bits per heavy atom. The third-order valence-electron chi connectivity index (χ3n) is 2.67. The highest BCUT2D eigenvalue weighted by atomic mass is 32.1. The first-order valence-electron chi connectivity index (χ1n) is 6.09. The number of anilines is 1. The number of amidine groups is 1. The Bertz CT molecular complexity index is 626. The molecule has 2 aromatic carbocycles. The number of benzene rings is 2. The van der Waals surface area contributed by atoms with Gasteiger partial charge in [-0.3, -0.25) is 5.32 Å². The van der Waals surface area contributed by atoms with E-state index >= 15 is 0 Å². The van der Waals surface area contributed by atoms with Crippen molar-refractivity contribution in [2.24, 2.45) is 5.73 Å². The molecule has 0 aromatic heterocycles.